The summed E-state index contributed by atoms with van der Waals surface area (Å²) in [5.74, 6) is 0.722. The number of aliphatic hydroxyl groups is 1. The maximum atomic E-state index is 11.5. The molecule has 5 heteroatoms. The zero-order valence-corrected chi connectivity index (χ0v) is 32.0. The molecule has 2 aromatic heterocycles. The van der Waals surface area contributed by atoms with Gasteiger partial charge in [-0.25, -0.2) is 0 Å². The molecule has 1 aliphatic carbocycles. The van der Waals surface area contributed by atoms with E-state index >= 15 is 0 Å². The van der Waals surface area contributed by atoms with Crippen molar-refractivity contribution in [2.24, 2.45) is 16.7 Å². The minimum Gasteiger partial charge on any atom is -0.512 e. The van der Waals surface area contributed by atoms with Crippen LogP contribution in [0.2, 0.25) is 0 Å². The van der Waals surface area contributed by atoms with Crippen molar-refractivity contribution in [1.29, 1.82) is 0 Å². The molecule has 247 valence electrons. The molecule has 2 aromatic carbocycles. The van der Waals surface area contributed by atoms with Crippen molar-refractivity contribution in [3.8, 4) is 22.4 Å². The van der Waals surface area contributed by atoms with E-state index in [1.165, 1.54) is 45.1 Å². The molecule has 0 aliphatic heterocycles. The molecule has 2 heterocycles. The number of pyridine rings is 2. The molecule has 0 amide bonds. The molecule has 0 unspecified atom stereocenters. The molecule has 0 bridgehead atoms. The van der Waals surface area contributed by atoms with Gasteiger partial charge in [-0.3, -0.25) is 14.8 Å². The normalized spacial score (nSPS) is 13.3. The van der Waals surface area contributed by atoms with Crippen LogP contribution in [0.1, 0.15) is 98.7 Å². The second-order valence-electron chi connectivity index (χ2n) is 15.9. The third-order valence-corrected chi connectivity index (χ3v) is 8.22. The molecule has 0 fully saturated rings. The molecule has 1 N–H and O–H groups in total. The average Bonchev–Trinajstić information content (AvgIpc) is 2.94. The van der Waals surface area contributed by atoms with Gasteiger partial charge in [-0.05, 0) is 53.9 Å². The number of aromatic nitrogens is 2. The smallest absolute Gasteiger partial charge is 0.164 e. The van der Waals surface area contributed by atoms with Crippen LogP contribution in [0.15, 0.2) is 66.6 Å². The largest absolute Gasteiger partial charge is 0.512 e. The van der Waals surface area contributed by atoms with Crippen LogP contribution in [0, 0.1) is 22.8 Å². The maximum absolute atomic E-state index is 11.5. The van der Waals surface area contributed by atoms with Crippen molar-refractivity contribution in [3.63, 3.8) is 0 Å². The molecule has 46 heavy (non-hydrogen) atoms. The second-order valence-corrected chi connectivity index (χ2v) is 15.9. The summed E-state index contributed by atoms with van der Waals surface area (Å²) < 4.78 is 0. The van der Waals surface area contributed by atoms with Crippen LogP contribution in [0.3, 0.4) is 0 Å². The number of allylic oxidation sites excluding steroid dienone is 2. The Balaban J connectivity index is 0.000000352. The van der Waals surface area contributed by atoms with Crippen molar-refractivity contribution < 1.29 is 30.0 Å². The fourth-order valence-corrected chi connectivity index (χ4v) is 5.52. The first-order valence-corrected chi connectivity index (χ1v) is 16.2. The summed E-state index contributed by atoms with van der Waals surface area (Å²) in [6.45, 7) is 22.5. The average molecular weight is 796 g/mol. The van der Waals surface area contributed by atoms with E-state index in [4.69, 9.17) is 9.97 Å². The van der Waals surface area contributed by atoms with E-state index in [0.29, 0.717) is 5.92 Å². The van der Waals surface area contributed by atoms with Gasteiger partial charge in [0.25, 0.3) is 0 Å². The molecule has 0 spiro atoms. The minimum atomic E-state index is -0.417. The summed E-state index contributed by atoms with van der Waals surface area (Å²) in [5.41, 5.74) is 9.08. The van der Waals surface area contributed by atoms with E-state index in [0.717, 1.165) is 35.9 Å². The van der Waals surface area contributed by atoms with E-state index < -0.39 is 5.41 Å². The standard InChI is InChI=1S/C30H31N2.C11H20O2.Ir/c1-19(2)16-22-10-11-25-24-14-15-31-29(26(24)12-13-28(25)32-22)21-17-20-8-6-7-9-23(20)27(18-21)30(3,4)5;1-10(2,3)8(12)7-9(13)11(4,5)6;/h6-11,14-15,18-19H,12-13,16H2,1-5H3;7,12H,1-6H3;/q-1;;/b;8-7-;. The number of ketones is 1. The summed E-state index contributed by atoms with van der Waals surface area (Å²) in [4.78, 5) is 21.4. The van der Waals surface area contributed by atoms with E-state index in [2.05, 4.69) is 89.2 Å². The van der Waals surface area contributed by atoms with Crippen molar-refractivity contribution in [2.45, 2.75) is 101 Å². The summed E-state index contributed by atoms with van der Waals surface area (Å²) in [7, 11) is 0. The third kappa shape index (κ3) is 8.81. The van der Waals surface area contributed by atoms with Gasteiger partial charge in [0, 0.05) is 65.9 Å². The first-order valence-electron chi connectivity index (χ1n) is 16.2. The topological polar surface area (TPSA) is 63.1 Å². The number of fused-ring (bicyclic) bond motifs is 4. The fourth-order valence-electron chi connectivity index (χ4n) is 5.52. The molecule has 4 nitrogen and oxygen atoms in total. The van der Waals surface area contributed by atoms with Crippen LogP contribution in [-0.2, 0) is 49.6 Å². The summed E-state index contributed by atoms with van der Waals surface area (Å²) in [5, 5.41) is 12.0. The molecule has 0 atom stereocenters. The first kappa shape index (κ1) is 37.3. The van der Waals surface area contributed by atoms with E-state index in [1.54, 1.807) is 0 Å². The number of rotatable bonds is 4. The fraction of sp³-hybridized carbons (Fsp3) is 0.439. The molecule has 0 saturated carbocycles. The van der Waals surface area contributed by atoms with Crippen molar-refractivity contribution >= 4 is 16.6 Å². The number of nitrogens with zero attached hydrogens (tertiary/aromatic N) is 2. The van der Waals surface area contributed by atoms with Crippen LogP contribution in [0.5, 0.6) is 0 Å². The molecule has 5 rings (SSSR count). The summed E-state index contributed by atoms with van der Waals surface area (Å²) >= 11 is 0. The number of carbonyl (C=O) groups excluding carboxylic acids is 1. The minimum absolute atomic E-state index is 0. The van der Waals surface area contributed by atoms with Gasteiger partial charge in [0.1, 0.15) is 5.76 Å². The summed E-state index contributed by atoms with van der Waals surface area (Å²) in [6, 6.07) is 21.2. The van der Waals surface area contributed by atoms with Gasteiger partial charge in [-0.1, -0.05) is 111 Å². The Kier molecular flexibility index (Phi) is 11.6. The Morgan fingerprint density at radius 1 is 0.913 bits per heavy atom. The zero-order chi connectivity index (χ0) is 33.3. The summed E-state index contributed by atoms with van der Waals surface area (Å²) in [6.07, 6.45) is 6.25. The van der Waals surface area contributed by atoms with Crippen LogP contribution in [-0.4, -0.2) is 20.9 Å². The van der Waals surface area contributed by atoms with Gasteiger partial charge in [-0.15, -0.1) is 29.1 Å². The SMILES string of the molecule is CC(C)(C)C(=O)/C=C(\O)C(C)(C)C.CC(C)Cc1ccc2c(n1)CCc1c-2ccnc1-c1[c-]c2ccccc2c(C(C)(C)C)c1.[Ir]. The molecule has 1 aliphatic rings. The predicted molar refractivity (Wildman–Crippen MR) is 189 cm³/mol. The van der Waals surface area contributed by atoms with Gasteiger partial charge in [-0.2, -0.15) is 0 Å². The van der Waals surface area contributed by atoms with Crippen molar-refractivity contribution in [1.82, 2.24) is 9.97 Å². The van der Waals surface area contributed by atoms with Crippen LogP contribution < -0.4 is 0 Å². The Morgan fingerprint density at radius 2 is 1.59 bits per heavy atom. The van der Waals surface area contributed by atoms with E-state index in [-0.39, 0.29) is 42.5 Å². The quantitative estimate of drug-likeness (QED) is 0.127. The van der Waals surface area contributed by atoms with Crippen LogP contribution in [0.4, 0.5) is 0 Å². The monoisotopic (exact) mass is 796 g/mol. The third-order valence-electron chi connectivity index (χ3n) is 8.22. The predicted octanol–water partition coefficient (Wildman–Crippen LogP) is 10.4. The van der Waals surface area contributed by atoms with Crippen LogP contribution >= 0.6 is 0 Å². The van der Waals surface area contributed by atoms with Gasteiger partial charge >= 0.3 is 0 Å². The Labute approximate surface area is 290 Å². The molecule has 0 saturated heterocycles. The zero-order valence-electron chi connectivity index (χ0n) is 29.6. The number of aliphatic hydroxyl groups excluding tert-OH is 1. The van der Waals surface area contributed by atoms with E-state index in [9.17, 15) is 9.90 Å². The van der Waals surface area contributed by atoms with Crippen molar-refractivity contribution in [3.05, 3.63) is 95.1 Å². The van der Waals surface area contributed by atoms with Gasteiger partial charge in [0.05, 0.1) is 0 Å². The second kappa shape index (κ2) is 14.3. The number of hydrogen-bond acceptors (Lipinski definition) is 4. The molecule has 4 aromatic rings. The first-order chi connectivity index (χ1) is 20.9. The number of aryl methyl sites for hydroxylation is 1. The van der Waals surface area contributed by atoms with Gasteiger partial charge in [0.15, 0.2) is 5.78 Å². The van der Waals surface area contributed by atoms with Gasteiger partial charge in [0.2, 0.25) is 0 Å². The number of benzene rings is 2. The molecular formula is C41H51IrN2O2-. The molecule has 1 radical (unpaired) electrons. The van der Waals surface area contributed by atoms with Crippen LogP contribution in [0.25, 0.3) is 33.2 Å². The Bertz CT molecular complexity index is 1730. The maximum Gasteiger partial charge on any atom is 0.164 e. The van der Waals surface area contributed by atoms with Gasteiger partial charge < -0.3 is 5.11 Å². The number of carbonyl (C=O) groups is 1. The van der Waals surface area contributed by atoms with E-state index in [1.807, 2.05) is 47.7 Å². The Hall–Kier alpha value is -3.14. The number of hydrogen-bond donors (Lipinski definition) is 1. The Morgan fingerprint density at radius 3 is 2.20 bits per heavy atom. The molecular weight excluding hydrogens is 745 g/mol. The van der Waals surface area contributed by atoms with Crippen molar-refractivity contribution in [2.75, 3.05) is 0 Å².